The smallest absolute Gasteiger partial charge is 0.161 e. The number of nitrogens with zero attached hydrogens (tertiary/aromatic N) is 1. The van der Waals surface area contributed by atoms with E-state index in [0.29, 0.717) is 31.0 Å². The second-order valence-corrected chi connectivity index (χ2v) is 6.41. The monoisotopic (exact) mass is 326 g/mol. The summed E-state index contributed by atoms with van der Waals surface area (Å²) < 4.78 is 65.0. The highest BCUT2D eigenvalue weighted by molar-refractivity contribution is 5.49. The van der Waals surface area contributed by atoms with Gasteiger partial charge in [0.25, 0.3) is 0 Å². The van der Waals surface area contributed by atoms with E-state index < -0.39 is 38.0 Å². The fraction of sp³-hybridized carbons (Fsp3) is 0.684. The molecule has 0 spiro atoms. The number of benzene rings is 1. The van der Waals surface area contributed by atoms with Gasteiger partial charge in [0.2, 0.25) is 0 Å². The minimum absolute atomic E-state index is 0.0829. The van der Waals surface area contributed by atoms with Crippen molar-refractivity contribution in [1.29, 1.82) is 0 Å². The van der Waals surface area contributed by atoms with Crippen LogP contribution in [0, 0.1) is 11.8 Å². The lowest BCUT2D eigenvalue weighted by molar-refractivity contribution is -0.0191. The number of piperidine rings is 1. The third-order valence-electron chi connectivity index (χ3n) is 5.06. The zero-order chi connectivity index (χ0) is 22.5. The molecule has 0 aliphatic carbocycles. The van der Waals surface area contributed by atoms with Crippen LogP contribution in [0.4, 0.5) is 0 Å². The number of fused-ring (bicyclic) bond motifs is 3. The normalized spacial score (nSPS) is 33.5. The highest BCUT2D eigenvalue weighted by atomic mass is 16.5. The van der Waals surface area contributed by atoms with Crippen molar-refractivity contribution in [1.82, 2.24) is 4.90 Å². The molecule has 1 aromatic carbocycles. The molecule has 2 aliphatic heterocycles. The average molecular weight is 326 g/mol. The number of hydrogen-bond acceptors (Lipinski definition) is 4. The summed E-state index contributed by atoms with van der Waals surface area (Å²) in [5.41, 5.74) is 2.14. The molecule has 128 valence electrons. The van der Waals surface area contributed by atoms with Gasteiger partial charge in [-0.3, -0.25) is 4.90 Å². The molecule has 1 fully saturated rings. The van der Waals surface area contributed by atoms with Crippen LogP contribution < -0.4 is 9.47 Å². The van der Waals surface area contributed by atoms with Gasteiger partial charge in [0.15, 0.2) is 11.5 Å². The van der Waals surface area contributed by atoms with Crippen molar-refractivity contribution in [2.75, 3.05) is 27.3 Å². The molecule has 0 aromatic heterocycles. The molecule has 0 amide bonds. The van der Waals surface area contributed by atoms with Crippen LogP contribution in [0.15, 0.2) is 12.1 Å². The van der Waals surface area contributed by atoms with Crippen molar-refractivity contribution >= 4 is 0 Å². The van der Waals surface area contributed by atoms with Crippen molar-refractivity contribution in [3.8, 4) is 11.5 Å². The predicted molar refractivity (Wildman–Crippen MR) is 91.1 cm³/mol. The van der Waals surface area contributed by atoms with Crippen molar-refractivity contribution in [3.05, 3.63) is 23.3 Å². The predicted octanol–water partition coefficient (Wildman–Crippen LogP) is 3.03. The van der Waals surface area contributed by atoms with Gasteiger partial charge >= 0.3 is 0 Å². The van der Waals surface area contributed by atoms with Crippen LogP contribution in [-0.2, 0) is 6.42 Å². The van der Waals surface area contributed by atoms with Gasteiger partial charge in [0.05, 0.1) is 20.3 Å². The highest BCUT2D eigenvalue weighted by Gasteiger charge is 2.38. The zero-order valence-electron chi connectivity index (χ0n) is 20.6. The Morgan fingerprint density at radius 1 is 1.35 bits per heavy atom. The topological polar surface area (TPSA) is 41.9 Å². The SMILES string of the molecule is [2H]C([2H])([2H])C([2H])(C[C@@H]1CN2CCc3cc(OC)c(OC)cc3[C@H]2C[C@H]1O)C([2H])([2H])[2H]. The molecule has 4 nitrogen and oxygen atoms in total. The minimum Gasteiger partial charge on any atom is -0.493 e. The van der Waals surface area contributed by atoms with Gasteiger partial charge in [-0.15, -0.1) is 0 Å². The maximum absolute atomic E-state index is 10.8. The fourth-order valence-electron chi connectivity index (χ4n) is 3.88. The molecular formula is C19H29NO3. The summed E-state index contributed by atoms with van der Waals surface area (Å²) >= 11 is 0. The number of rotatable bonds is 4. The molecule has 1 saturated heterocycles. The second-order valence-electron chi connectivity index (χ2n) is 6.41. The fourth-order valence-corrected chi connectivity index (χ4v) is 3.88. The van der Waals surface area contributed by atoms with E-state index >= 15 is 0 Å². The third-order valence-corrected chi connectivity index (χ3v) is 5.06. The number of methoxy groups -OCH3 is 2. The Kier molecular flexibility index (Phi) is 2.88. The van der Waals surface area contributed by atoms with Crippen molar-refractivity contribution < 1.29 is 24.2 Å². The first kappa shape index (κ1) is 9.90. The summed E-state index contributed by atoms with van der Waals surface area (Å²) in [6.07, 6.45) is -0.228. The molecule has 1 N–H and O–H groups in total. The first-order valence-corrected chi connectivity index (χ1v) is 7.99. The Hall–Kier alpha value is -1.26. The van der Waals surface area contributed by atoms with Crippen LogP contribution in [0.2, 0.25) is 0 Å². The van der Waals surface area contributed by atoms with E-state index in [2.05, 4.69) is 4.90 Å². The first-order valence-electron chi connectivity index (χ1n) is 11.5. The molecule has 2 heterocycles. The molecule has 4 heteroatoms. The number of hydrogen-bond donors (Lipinski definition) is 1. The van der Waals surface area contributed by atoms with E-state index in [0.717, 1.165) is 17.5 Å². The van der Waals surface area contributed by atoms with E-state index in [9.17, 15) is 5.11 Å². The Bertz CT molecular complexity index is 767. The van der Waals surface area contributed by atoms with Gasteiger partial charge in [0.1, 0.15) is 0 Å². The first-order chi connectivity index (χ1) is 13.8. The maximum atomic E-state index is 10.8. The van der Waals surface area contributed by atoms with Gasteiger partial charge < -0.3 is 14.6 Å². The molecule has 0 radical (unpaired) electrons. The molecule has 2 aliphatic rings. The lowest BCUT2D eigenvalue weighted by atomic mass is 9.79. The minimum atomic E-state index is -2.98. The van der Waals surface area contributed by atoms with Gasteiger partial charge in [0, 0.05) is 28.7 Å². The number of ether oxygens (including phenoxy) is 2. The van der Waals surface area contributed by atoms with Gasteiger partial charge in [-0.05, 0) is 54.3 Å². The summed E-state index contributed by atoms with van der Waals surface area (Å²) in [5, 5.41) is 10.8. The van der Waals surface area contributed by atoms with Crippen LogP contribution in [0.1, 0.15) is 53.3 Å². The Morgan fingerprint density at radius 3 is 2.78 bits per heavy atom. The third kappa shape index (κ3) is 3.20. The lowest BCUT2D eigenvalue weighted by Gasteiger charge is -2.46. The Balaban J connectivity index is 1.86. The number of aliphatic hydroxyl groups excluding tert-OH is 1. The molecule has 0 unspecified atom stereocenters. The second kappa shape index (κ2) is 6.70. The van der Waals surface area contributed by atoms with E-state index in [1.54, 1.807) is 14.2 Å². The summed E-state index contributed by atoms with van der Waals surface area (Å²) in [6.45, 7) is -4.92. The zero-order valence-corrected chi connectivity index (χ0v) is 13.6. The van der Waals surface area contributed by atoms with Gasteiger partial charge in [-0.25, -0.2) is 0 Å². The standard InChI is InChI=1S/C19H29NO3/c1-12(2)7-14-11-20-6-5-13-8-18(22-3)19(23-4)9-15(13)16(20)10-17(14)21/h8-9,12,14,16-17,21H,5-7,10-11H2,1-4H3/t14-,16-,17-/m1/s1/i1D3,2D3,12D. The molecule has 3 rings (SSSR count). The molecule has 0 bridgehead atoms. The van der Waals surface area contributed by atoms with Gasteiger partial charge in [-0.2, -0.15) is 0 Å². The quantitative estimate of drug-likeness (QED) is 0.923. The van der Waals surface area contributed by atoms with E-state index in [4.69, 9.17) is 19.1 Å². The van der Waals surface area contributed by atoms with E-state index in [-0.39, 0.29) is 6.04 Å². The molecule has 0 saturated carbocycles. The van der Waals surface area contributed by atoms with Crippen molar-refractivity contribution in [3.63, 3.8) is 0 Å². The number of aliphatic hydroxyl groups is 1. The molecule has 1 aromatic rings. The van der Waals surface area contributed by atoms with Crippen LogP contribution in [0.5, 0.6) is 11.5 Å². The van der Waals surface area contributed by atoms with Gasteiger partial charge in [-0.1, -0.05) is 13.7 Å². The van der Waals surface area contributed by atoms with Crippen molar-refractivity contribution in [2.45, 2.75) is 45.1 Å². The Labute approximate surface area is 149 Å². The summed E-state index contributed by atoms with van der Waals surface area (Å²) in [7, 11) is 3.14. The summed E-state index contributed by atoms with van der Waals surface area (Å²) in [5.74, 6) is -1.98. The van der Waals surface area contributed by atoms with E-state index in [1.807, 2.05) is 12.1 Å². The van der Waals surface area contributed by atoms with Crippen LogP contribution in [0.25, 0.3) is 0 Å². The molecule has 3 atom stereocenters. The highest BCUT2D eigenvalue weighted by Crippen LogP contribution is 2.43. The average Bonchev–Trinajstić information content (AvgIpc) is 2.65. The maximum Gasteiger partial charge on any atom is 0.161 e. The molecule has 23 heavy (non-hydrogen) atoms. The largest absolute Gasteiger partial charge is 0.493 e. The molecular weight excluding hydrogens is 290 g/mol. The van der Waals surface area contributed by atoms with Crippen LogP contribution in [0.3, 0.4) is 0 Å². The van der Waals surface area contributed by atoms with Crippen LogP contribution >= 0.6 is 0 Å². The summed E-state index contributed by atoms with van der Waals surface area (Å²) in [6, 6.07) is 3.78. The Morgan fingerprint density at radius 2 is 2.09 bits per heavy atom. The summed E-state index contributed by atoms with van der Waals surface area (Å²) in [4.78, 5) is 2.14. The van der Waals surface area contributed by atoms with Crippen molar-refractivity contribution in [2.24, 2.45) is 11.8 Å². The van der Waals surface area contributed by atoms with Crippen LogP contribution in [-0.4, -0.2) is 43.4 Å². The lowest BCUT2D eigenvalue weighted by Crippen LogP contribution is -2.48. The van der Waals surface area contributed by atoms with E-state index in [1.165, 1.54) is 0 Å².